The van der Waals surface area contributed by atoms with Gasteiger partial charge >= 0.3 is 6.03 Å². The Balaban J connectivity index is 1.37. The van der Waals surface area contributed by atoms with E-state index < -0.39 is 0 Å². The number of benzene rings is 3. The number of urea groups is 1. The van der Waals surface area contributed by atoms with Gasteiger partial charge in [0.05, 0.1) is 0 Å². The molecule has 3 amide bonds. The van der Waals surface area contributed by atoms with Crippen LogP contribution >= 0.6 is 11.6 Å². The first-order chi connectivity index (χ1) is 15.5. The molecule has 3 aromatic carbocycles. The minimum Gasteiger partial charge on any atom is -0.348 e. The average Bonchev–Trinajstić information content (AvgIpc) is 2.81. The molecule has 1 aliphatic heterocycles. The number of hydrogen-bond donors (Lipinski definition) is 1. The topological polar surface area (TPSA) is 52.7 Å². The zero-order valence-corrected chi connectivity index (χ0v) is 18.2. The molecule has 0 bridgehead atoms. The molecule has 32 heavy (non-hydrogen) atoms. The van der Waals surface area contributed by atoms with Crippen molar-refractivity contribution in [2.75, 3.05) is 18.0 Å². The van der Waals surface area contributed by atoms with Crippen LogP contribution in [0.15, 0.2) is 72.8 Å². The lowest BCUT2D eigenvalue weighted by atomic mass is 10.1. The lowest BCUT2D eigenvalue weighted by Gasteiger charge is -2.35. The third-order valence-corrected chi connectivity index (χ3v) is 5.66. The Bertz CT molecular complexity index is 1090. The van der Waals surface area contributed by atoms with Gasteiger partial charge in [-0.2, -0.15) is 0 Å². The number of rotatable bonds is 6. The van der Waals surface area contributed by atoms with Crippen molar-refractivity contribution >= 4 is 29.2 Å². The van der Waals surface area contributed by atoms with Gasteiger partial charge in [0.1, 0.15) is 5.82 Å². The second-order valence-corrected chi connectivity index (χ2v) is 8.13. The van der Waals surface area contributed by atoms with Crippen LogP contribution in [0.2, 0.25) is 5.02 Å². The summed E-state index contributed by atoms with van der Waals surface area (Å²) in [6.45, 7) is 2.10. The first-order valence-electron chi connectivity index (χ1n) is 10.4. The van der Waals surface area contributed by atoms with E-state index in [0.29, 0.717) is 36.8 Å². The van der Waals surface area contributed by atoms with Crippen LogP contribution in [0.3, 0.4) is 0 Å². The third kappa shape index (κ3) is 5.26. The Morgan fingerprint density at radius 1 is 0.906 bits per heavy atom. The van der Waals surface area contributed by atoms with Crippen LogP contribution in [-0.2, 0) is 13.1 Å². The molecule has 164 valence electrons. The van der Waals surface area contributed by atoms with Crippen LogP contribution in [0, 0.1) is 5.82 Å². The highest BCUT2D eigenvalue weighted by atomic mass is 35.5. The molecule has 0 atom stereocenters. The van der Waals surface area contributed by atoms with Crippen LogP contribution in [0.1, 0.15) is 27.9 Å². The molecule has 3 aromatic rings. The molecule has 0 radical (unpaired) electrons. The van der Waals surface area contributed by atoms with Crippen molar-refractivity contribution < 1.29 is 14.0 Å². The molecule has 0 unspecified atom stereocenters. The number of hydrogen-bond acceptors (Lipinski definition) is 2. The van der Waals surface area contributed by atoms with E-state index in [-0.39, 0.29) is 17.8 Å². The zero-order valence-electron chi connectivity index (χ0n) is 17.4. The second-order valence-electron chi connectivity index (χ2n) is 7.69. The second kappa shape index (κ2) is 9.83. The molecule has 1 N–H and O–H groups in total. The summed E-state index contributed by atoms with van der Waals surface area (Å²) in [5, 5.41) is 3.54. The van der Waals surface area contributed by atoms with E-state index in [1.54, 1.807) is 58.3 Å². The van der Waals surface area contributed by atoms with E-state index in [9.17, 15) is 14.0 Å². The fraction of sp³-hybridized carbons (Fsp3) is 0.200. The van der Waals surface area contributed by atoms with Gasteiger partial charge in [0.25, 0.3) is 5.91 Å². The van der Waals surface area contributed by atoms with Gasteiger partial charge in [0, 0.05) is 42.5 Å². The maximum absolute atomic E-state index is 13.1. The number of nitrogens with zero attached hydrogens (tertiary/aromatic N) is 2. The number of carbonyl (C=O) groups is 2. The fourth-order valence-electron chi connectivity index (χ4n) is 3.66. The first-order valence-corrected chi connectivity index (χ1v) is 10.8. The summed E-state index contributed by atoms with van der Waals surface area (Å²) >= 11 is 5.88. The minimum absolute atomic E-state index is 0.0967. The van der Waals surface area contributed by atoms with E-state index in [1.165, 1.54) is 12.1 Å². The summed E-state index contributed by atoms with van der Waals surface area (Å²) in [5.74, 6) is -0.480. The summed E-state index contributed by atoms with van der Waals surface area (Å²) < 4.78 is 13.1. The smallest absolute Gasteiger partial charge is 0.324 e. The van der Waals surface area contributed by atoms with Gasteiger partial charge < -0.3 is 10.2 Å². The van der Waals surface area contributed by atoms with E-state index >= 15 is 0 Å². The fourth-order valence-corrected chi connectivity index (χ4v) is 3.78. The molecule has 1 saturated heterocycles. The van der Waals surface area contributed by atoms with Gasteiger partial charge in [-0.25, -0.2) is 9.18 Å². The third-order valence-electron chi connectivity index (χ3n) is 5.41. The van der Waals surface area contributed by atoms with E-state index in [2.05, 4.69) is 5.32 Å². The number of anilines is 1. The Morgan fingerprint density at radius 3 is 2.25 bits per heavy atom. The molecule has 5 nitrogen and oxygen atoms in total. The Hall–Kier alpha value is -3.38. The number of nitrogens with one attached hydrogen (secondary N) is 1. The molecule has 0 saturated carbocycles. The summed E-state index contributed by atoms with van der Waals surface area (Å²) in [6, 6.07) is 20.4. The highest BCUT2D eigenvalue weighted by Crippen LogP contribution is 2.22. The van der Waals surface area contributed by atoms with E-state index in [1.807, 2.05) is 12.1 Å². The standard InChI is InChI=1S/C25H23ClFN3O2/c26-21-8-2-18(3-9-21)16-28-24(31)20-6-12-23(13-7-20)30-15-1-14-29(25(30)32)17-19-4-10-22(27)11-5-19/h2-13H,1,14-17H2,(H,28,31). The highest BCUT2D eigenvalue weighted by molar-refractivity contribution is 6.30. The summed E-state index contributed by atoms with van der Waals surface area (Å²) in [6.07, 6.45) is 0.830. The number of carbonyl (C=O) groups excluding carboxylic acids is 2. The van der Waals surface area contributed by atoms with Crippen LogP contribution in [0.4, 0.5) is 14.9 Å². The first kappa shape index (κ1) is 21.8. The number of amides is 3. The van der Waals surface area contributed by atoms with Crippen molar-refractivity contribution in [3.63, 3.8) is 0 Å². The molecule has 1 fully saturated rings. The van der Waals surface area contributed by atoms with Gasteiger partial charge in [-0.1, -0.05) is 35.9 Å². The summed E-state index contributed by atoms with van der Waals surface area (Å²) in [5.41, 5.74) is 3.11. The minimum atomic E-state index is -0.294. The predicted octanol–water partition coefficient (Wildman–Crippen LogP) is 5.24. The summed E-state index contributed by atoms with van der Waals surface area (Å²) in [7, 11) is 0. The Kier molecular flexibility index (Phi) is 6.71. The van der Waals surface area contributed by atoms with Gasteiger partial charge in [-0.3, -0.25) is 9.69 Å². The molecule has 1 aliphatic rings. The molecule has 0 spiro atoms. The molecule has 4 rings (SSSR count). The van der Waals surface area contributed by atoms with Crippen molar-refractivity contribution in [2.24, 2.45) is 0 Å². The maximum Gasteiger partial charge on any atom is 0.324 e. The van der Waals surface area contributed by atoms with Crippen molar-refractivity contribution in [1.29, 1.82) is 0 Å². The summed E-state index contributed by atoms with van der Waals surface area (Å²) in [4.78, 5) is 28.9. The van der Waals surface area contributed by atoms with E-state index in [4.69, 9.17) is 11.6 Å². The molecule has 0 aromatic heterocycles. The average molecular weight is 452 g/mol. The zero-order chi connectivity index (χ0) is 22.5. The van der Waals surface area contributed by atoms with Crippen molar-refractivity contribution in [2.45, 2.75) is 19.5 Å². The predicted molar refractivity (Wildman–Crippen MR) is 123 cm³/mol. The van der Waals surface area contributed by atoms with E-state index in [0.717, 1.165) is 23.2 Å². The van der Waals surface area contributed by atoms with Gasteiger partial charge in [0.15, 0.2) is 0 Å². The quantitative estimate of drug-likeness (QED) is 0.557. The monoisotopic (exact) mass is 451 g/mol. The highest BCUT2D eigenvalue weighted by Gasteiger charge is 2.26. The lowest BCUT2D eigenvalue weighted by molar-refractivity contribution is 0.0951. The lowest BCUT2D eigenvalue weighted by Crippen LogP contribution is -2.49. The van der Waals surface area contributed by atoms with Gasteiger partial charge in [-0.15, -0.1) is 0 Å². The largest absolute Gasteiger partial charge is 0.348 e. The van der Waals surface area contributed by atoms with Crippen molar-refractivity contribution in [3.05, 3.63) is 100 Å². The van der Waals surface area contributed by atoms with Crippen LogP contribution in [0.5, 0.6) is 0 Å². The maximum atomic E-state index is 13.1. The molecular weight excluding hydrogens is 429 g/mol. The Morgan fingerprint density at radius 2 is 1.56 bits per heavy atom. The van der Waals surface area contributed by atoms with Gasteiger partial charge in [-0.05, 0) is 66.1 Å². The van der Waals surface area contributed by atoms with Crippen LogP contribution in [-0.4, -0.2) is 29.9 Å². The van der Waals surface area contributed by atoms with Gasteiger partial charge in [0.2, 0.25) is 0 Å². The normalized spacial score (nSPS) is 13.9. The van der Waals surface area contributed by atoms with Crippen molar-refractivity contribution in [1.82, 2.24) is 10.2 Å². The molecule has 0 aliphatic carbocycles. The Labute approximate surface area is 191 Å². The van der Waals surface area contributed by atoms with Crippen LogP contribution < -0.4 is 10.2 Å². The molecular formula is C25H23ClFN3O2. The molecule has 7 heteroatoms. The molecule has 1 heterocycles. The SMILES string of the molecule is O=C(NCc1ccc(Cl)cc1)c1ccc(N2CCCN(Cc3ccc(F)cc3)C2=O)cc1. The van der Waals surface area contributed by atoms with Crippen LogP contribution in [0.25, 0.3) is 0 Å². The number of halogens is 2. The van der Waals surface area contributed by atoms with Crippen molar-refractivity contribution in [3.8, 4) is 0 Å².